The van der Waals surface area contributed by atoms with E-state index in [-0.39, 0.29) is 0 Å². The van der Waals surface area contributed by atoms with Gasteiger partial charge in [-0.25, -0.2) is 0 Å². The first-order valence-corrected chi connectivity index (χ1v) is 9.02. The number of hydrogen-bond acceptors (Lipinski definition) is 1. The van der Waals surface area contributed by atoms with Crippen LogP contribution in [0.4, 0.5) is 0 Å². The van der Waals surface area contributed by atoms with Crippen LogP contribution in [0.25, 0.3) is 0 Å². The van der Waals surface area contributed by atoms with E-state index in [0.717, 1.165) is 36.9 Å². The molecule has 0 unspecified atom stereocenters. The van der Waals surface area contributed by atoms with E-state index in [1.807, 2.05) is 6.08 Å². The molecule has 20 heavy (non-hydrogen) atoms. The maximum atomic E-state index is 5.53. The molecule has 2 aliphatic rings. The van der Waals surface area contributed by atoms with Crippen molar-refractivity contribution >= 4 is 0 Å². The Balaban J connectivity index is 1.60. The van der Waals surface area contributed by atoms with Crippen molar-refractivity contribution in [2.45, 2.75) is 71.1 Å². The van der Waals surface area contributed by atoms with Gasteiger partial charge in [0.1, 0.15) is 0 Å². The molecule has 0 aromatic rings. The van der Waals surface area contributed by atoms with Crippen LogP contribution in [0.15, 0.2) is 12.7 Å². The van der Waals surface area contributed by atoms with E-state index in [1.54, 1.807) is 0 Å². The molecule has 0 aromatic heterocycles. The molecule has 0 spiro atoms. The molecule has 1 heteroatoms. The normalized spacial score (nSPS) is 34.9. The highest BCUT2D eigenvalue weighted by Gasteiger charge is 2.30. The third kappa shape index (κ3) is 4.91. The van der Waals surface area contributed by atoms with Crippen molar-refractivity contribution in [3.63, 3.8) is 0 Å². The molecule has 2 rings (SSSR count). The molecule has 0 amide bonds. The standard InChI is InChI=1S/C19H34O/c1-3-14-20-15-13-17-7-11-19(12-8-17)18-9-5-16(4-2)6-10-18/h3,16-19H,1,4-15H2,2H3/t16-,17-,18-,19-. The van der Waals surface area contributed by atoms with E-state index in [0.29, 0.717) is 0 Å². The van der Waals surface area contributed by atoms with Crippen LogP contribution in [-0.4, -0.2) is 13.2 Å². The topological polar surface area (TPSA) is 9.23 Å². The number of hydrogen-bond donors (Lipinski definition) is 0. The van der Waals surface area contributed by atoms with Crippen LogP contribution in [0, 0.1) is 23.7 Å². The van der Waals surface area contributed by atoms with Crippen LogP contribution in [0.5, 0.6) is 0 Å². The Hall–Kier alpha value is -0.300. The Morgan fingerprint density at radius 1 is 0.900 bits per heavy atom. The van der Waals surface area contributed by atoms with Gasteiger partial charge in [-0.15, -0.1) is 6.58 Å². The molecule has 0 saturated heterocycles. The predicted molar refractivity (Wildman–Crippen MR) is 86.8 cm³/mol. The summed E-state index contributed by atoms with van der Waals surface area (Å²) in [6.45, 7) is 7.71. The summed E-state index contributed by atoms with van der Waals surface area (Å²) < 4.78 is 5.53. The Kier molecular flexibility index (Phi) is 7.13. The first-order chi connectivity index (χ1) is 9.83. The van der Waals surface area contributed by atoms with Gasteiger partial charge in [0.2, 0.25) is 0 Å². The molecule has 0 radical (unpaired) electrons. The van der Waals surface area contributed by atoms with Crippen molar-refractivity contribution in [1.82, 2.24) is 0 Å². The van der Waals surface area contributed by atoms with Crippen molar-refractivity contribution < 1.29 is 4.74 Å². The summed E-state index contributed by atoms with van der Waals surface area (Å²) in [6, 6.07) is 0. The lowest BCUT2D eigenvalue weighted by molar-refractivity contribution is 0.111. The highest BCUT2D eigenvalue weighted by atomic mass is 16.5. The summed E-state index contributed by atoms with van der Waals surface area (Å²) >= 11 is 0. The Bertz CT molecular complexity index is 257. The summed E-state index contributed by atoms with van der Waals surface area (Å²) in [5.74, 6) is 4.10. The molecular weight excluding hydrogens is 244 g/mol. The fourth-order valence-electron chi connectivity index (χ4n) is 4.43. The lowest BCUT2D eigenvalue weighted by Gasteiger charge is -2.37. The molecule has 116 valence electrons. The molecule has 0 aromatic carbocycles. The van der Waals surface area contributed by atoms with Gasteiger partial charge in [0.05, 0.1) is 6.61 Å². The molecule has 1 nitrogen and oxygen atoms in total. The lowest BCUT2D eigenvalue weighted by Crippen LogP contribution is -2.26. The van der Waals surface area contributed by atoms with E-state index >= 15 is 0 Å². The van der Waals surface area contributed by atoms with E-state index in [2.05, 4.69) is 13.5 Å². The van der Waals surface area contributed by atoms with E-state index in [4.69, 9.17) is 4.74 Å². The third-order valence-electron chi connectivity index (χ3n) is 5.93. The van der Waals surface area contributed by atoms with Crippen molar-refractivity contribution in [2.75, 3.05) is 13.2 Å². The van der Waals surface area contributed by atoms with Gasteiger partial charge in [0.15, 0.2) is 0 Å². The van der Waals surface area contributed by atoms with Crippen molar-refractivity contribution in [3.8, 4) is 0 Å². The maximum absolute atomic E-state index is 5.53. The van der Waals surface area contributed by atoms with Gasteiger partial charge in [-0.3, -0.25) is 0 Å². The largest absolute Gasteiger partial charge is 0.377 e. The second-order valence-corrected chi connectivity index (χ2v) is 7.12. The average Bonchev–Trinajstić information content (AvgIpc) is 2.52. The molecule has 0 N–H and O–H groups in total. The van der Waals surface area contributed by atoms with Crippen LogP contribution in [0.3, 0.4) is 0 Å². The molecular formula is C19H34O. The molecule has 2 aliphatic carbocycles. The highest BCUT2D eigenvalue weighted by molar-refractivity contribution is 4.81. The maximum Gasteiger partial charge on any atom is 0.0644 e. The molecule has 2 saturated carbocycles. The molecule has 0 aliphatic heterocycles. The minimum absolute atomic E-state index is 0.718. The van der Waals surface area contributed by atoms with Gasteiger partial charge in [0, 0.05) is 6.61 Å². The summed E-state index contributed by atoms with van der Waals surface area (Å²) in [5.41, 5.74) is 0. The van der Waals surface area contributed by atoms with Crippen LogP contribution < -0.4 is 0 Å². The predicted octanol–water partition coefficient (Wildman–Crippen LogP) is 5.60. The Morgan fingerprint density at radius 2 is 1.45 bits per heavy atom. The summed E-state index contributed by atoms with van der Waals surface area (Å²) in [4.78, 5) is 0. The molecule has 0 bridgehead atoms. The zero-order valence-corrected chi connectivity index (χ0v) is 13.5. The number of ether oxygens (including phenoxy) is 1. The van der Waals surface area contributed by atoms with Gasteiger partial charge in [0.25, 0.3) is 0 Å². The van der Waals surface area contributed by atoms with Crippen molar-refractivity contribution in [1.29, 1.82) is 0 Å². The quantitative estimate of drug-likeness (QED) is 0.435. The van der Waals surface area contributed by atoms with Gasteiger partial charge in [-0.05, 0) is 55.8 Å². The summed E-state index contributed by atoms with van der Waals surface area (Å²) in [6.07, 6.45) is 16.5. The zero-order chi connectivity index (χ0) is 14.2. The smallest absolute Gasteiger partial charge is 0.0644 e. The fourth-order valence-corrected chi connectivity index (χ4v) is 4.43. The fraction of sp³-hybridized carbons (Fsp3) is 0.895. The summed E-state index contributed by atoms with van der Waals surface area (Å²) in [5, 5.41) is 0. The molecule has 0 heterocycles. The zero-order valence-electron chi connectivity index (χ0n) is 13.5. The molecule has 2 fully saturated rings. The van der Waals surface area contributed by atoms with Gasteiger partial charge < -0.3 is 4.74 Å². The van der Waals surface area contributed by atoms with Gasteiger partial charge in [-0.1, -0.05) is 45.1 Å². The lowest BCUT2D eigenvalue weighted by atomic mass is 9.68. The van der Waals surface area contributed by atoms with Crippen molar-refractivity contribution in [2.24, 2.45) is 23.7 Å². The van der Waals surface area contributed by atoms with E-state index < -0.39 is 0 Å². The number of rotatable bonds is 7. The monoisotopic (exact) mass is 278 g/mol. The first kappa shape index (κ1) is 16.1. The second-order valence-electron chi connectivity index (χ2n) is 7.12. The van der Waals surface area contributed by atoms with Gasteiger partial charge in [-0.2, -0.15) is 0 Å². The van der Waals surface area contributed by atoms with Crippen LogP contribution in [-0.2, 0) is 4.74 Å². The van der Waals surface area contributed by atoms with Crippen LogP contribution >= 0.6 is 0 Å². The van der Waals surface area contributed by atoms with Crippen LogP contribution in [0.1, 0.15) is 71.1 Å². The van der Waals surface area contributed by atoms with Crippen molar-refractivity contribution in [3.05, 3.63) is 12.7 Å². The first-order valence-electron chi connectivity index (χ1n) is 9.02. The minimum atomic E-state index is 0.718. The SMILES string of the molecule is C=CCOCC[C@H]1CC[C@H]([C@H]2CC[C@H](CC)CC2)CC1. The van der Waals surface area contributed by atoms with E-state index in [9.17, 15) is 0 Å². The third-order valence-corrected chi connectivity index (χ3v) is 5.93. The Morgan fingerprint density at radius 3 is 1.95 bits per heavy atom. The molecule has 0 atom stereocenters. The summed E-state index contributed by atoms with van der Waals surface area (Å²) in [7, 11) is 0. The Labute approximate surface area is 126 Å². The minimum Gasteiger partial charge on any atom is -0.377 e. The van der Waals surface area contributed by atoms with Gasteiger partial charge >= 0.3 is 0 Å². The highest BCUT2D eigenvalue weighted by Crippen LogP contribution is 2.42. The van der Waals surface area contributed by atoms with Crippen LogP contribution in [0.2, 0.25) is 0 Å². The van der Waals surface area contributed by atoms with E-state index in [1.165, 1.54) is 64.2 Å². The second kappa shape index (κ2) is 8.87. The average molecular weight is 278 g/mol.